The molecule has 3 aromatic heterocycles. The molecule has 1 aliphatic carbocycles. The van der Waals surface area contributed by atoms with Crippen molar-refractivity contribution in [2.45, 2.75) is 44.9 Å². The Morgan fingerprint density at radius 1 is 0.935 bits per heavy atom. The first-order valence-corrected chi connectivity index (χ1v) is 11.2. The summed E-state index contributed by atoms with van der Waals surface area (Å²) >= 11 is 6.26. The van der Waals surface area contributed by atoms with E-state index in [1.807, 2.05) is 55.5 Å². The third-order valence-corrected chi connectivity index (χ3v) is 6.36. The van der Waals surface area contributed by atoms with Crippen LogP contribution in [0.2, 0.25) is 5.15 Å². The molecule has 0 unspecified atom stereocenters. The van der Waals surface area contributed by atoms with Crippen LogP contribution in [0.3, 0.4) is 0 Å². The molecule has 4 nitrogen and oxygen atoms in total. The van der Waals surface area contributed by atoms with Gasteiger partial charge in [-0.05, 0) is 49.4 Å². The van der Waals surface area contributed by atoms with Gasteiger partial charge in [0.05, 0.1) is 11.1 Å². The van der Waals surface area contributed by atoms with E-state index in [9.17, 15) is 4.79 Å². The summed E-state index contributed by atoms with van der Waals surface area (Å²) in [4.78, 5) is 25.9. The third-order valence-electron chi connectivity index (χ3n) is 6.16. The number of rotatable bonds is 3. The van der Waals surface area contributed by atoms with Crippen LogP contribution >= 0.6 is 11.6 Å². The van der Waals surface area contributed by atoms with E-state index in [1.54, 1.807) is 6.07 Å². The zero-order chi connectivity index (χ0) is 21.4. The molecule has 0 radical (unpaired) electrons. The van der Waals surface area contributed by atoms with E-state index in [0.29, 0.717) is 22.1 Å². The van der Waals surface area contributed by atoms with Gasteiger partial charge in [-0.25, -0.2) is 9.97 Å². The van der Waals surface area contributed by atoms with E-state index in [4.69, 9.17) is 16.6 Å². The topological polar surface area (TPSA) is 58.6 Å². The van der Waals surface area contributed by atoms with Gasteiger partial charge >= 0.3 is 0 Å². The van der Waals surface area contributed by atoms with Gasteiger partial charge in [0.1, 0.15) is 10.8 Å². The van der Waals surface area contributed by atoms with E-state index in [-0.39, 0.29) is 5.43 Å². The quantitative estimate of drug-likeness (QED) is 0.370. The highest BCUT2D eigenvalue weighted by molar-refractivity contribution is 6.29. The highest BCUT2D eigenvalue weighted by Gasteiger charge is 2.19. The number of hydrogen-bond donors (Lipinski definition) is 1. The van der Waals surface area contributed by atoms with Crippen molar-refractivity contribution in [1.29, 1.82) is 0 Å². The molecule has 0 aliphatic heterocycles. The molecule has 0 atom stereocenters. The summed E-state index contributed by atoms with van der Waals surface area (Å²) in [6, 6.07) is 17.6. The molecule has 0 amide bonds. The molecule has 0 saturated heterocycles. The molecule has 1 aromatic carbocycles. The van der Waals surface area contributed by atoms with Crippen LogP contribution < -0.4 is 5.43 Å². The Hall–Kier alpha value is -2.98. The summed E-state index contributed by atoms with van der Waals surface area (Å²) in [5, 5.41) is 1.02. The normalized spacial score (nSPS) is 14.8. The maximum Gasteiger partial charge on any atom is 0.191 e. The SMILES string of the molecule is Cc1cc(-c2cc3c(=O)cc(C4CCCCC4)[nH]c3nc2-c2ccccc2)cc(Cl)n1. The summed E-state index contributed by atoms with van der Waals surface area (Å²) in [5.41, 5.74) is 6.10. The van der Waals surface area contributed by atoms with Crippen LogP contribution in [0.15, 0.2) is 59.4 Å². The number of benzene rings is 1. The zero-order valence-corrected chi connectivity index (χ0v) is 18.2. The predicted octanol–water partition coefficient (Wildman–Crippen LogP) is 6.66. The number of pyridine rings is 3. The standard InChI is InChI=1S/C26H24ClN3O/c1-16-12-19(13-24(27)28-16)20-14-21-23(31)15-22(17-8-4-2-5-9-17)29-26(21)30-25(20)18-10-6-3-7-11-18/h3,6-7,10-15,17H,2,4-5,8-9H2,1H3,(H,29,30,31). The molecule has 1 saturated carbocycles. The summed E-state index contributed by atoms with van der Waals surface area (Å²) in [6.45, 7) is 1.91. The van der Waals surface area contributed by atoms with Crippen molar-refractivity contribution in [2.75, 3.05) is 0 Å². The fourth-order valence-electron chi connectivity index (χ4n) is 4.64. The fourth-order valence-corrected chi connectivity index (χ4v) is 4.89. The van der Waals surface area contributed by atoms with Crippen molar-refractivity contribution in [3.05, 3.63) is 81.4 Å². The molecule has 1 aliphatic rings. The zero-order valence-electron chi connectivity index (χ0n) is 17.5. The Labute approximate surface area is 186 Å². The lowest BCUT2D eigenvalue weighted by Gasteiger charge is -2.22. The smallest absolute Gasteiger partial charge is 0.191 e. The molecule has 5 heteroatoms. The maximum atomic E-state index is 13.1. The van der Waals surface area contributed by atoms with Crippen LogP contribution in [-0.2, 0) is 0 Å². The number of H-pyrrole nitrogens is 1. The monoisotopic (exact) mass is 429 g/mol. The molecule has 31 heavy (non-hydrogen) atoms. The van der Waals surface area contributed by atoms with Gasteiger partial charge in [0, 0.05) is 28.6 Å². The Bertz CT molecular complexity index is 1290. The Kier molecular flexibility index (Phi) is 5.33. The van der Waals surface area contributed by atoms with Crippen LogP contribution in [0.25, 0.3) is 33.4 Å². The molecule has 156 valence electrons. The first-order valence-electron chi connectivity index (χ1n) is 10.9. The molecule has 1 fully saturated rings. The second-order valence-corrected chi connectivity index (χ2v) is 8.78. The lowest BCUT2D eigenvalue weighted by atomic mass is 9.86. The van der Waals surface area contributed by atoms with Crippen molar-refractivity contribution in [3.8, 4) is 22.4 Å². The number of nitrogens with one attached hydrogen (secondary N) is 1. The minimum absolute atomic E-state index is 0.0135. The number of fused-ring (bicyclic) bond motifs is 1. The van der Waals surface area contributed by atoms with E-state index < -0.39 is 0 Å². The van der Waals surface area contributed by atoms with E-state index in [2.05, 4.69) is 9.97 Å². The average molecular weight is 430 g/mol. The second kappa shape index (κ2) is 8.27. The number of halogens is 1. The van der Waals surface area contributed by atoms with Crippen LogP contribution in [-0.4, -0.2) is 15.0 Å². The van der Waals surface area contributed by atoms with Crippen molar-refractivity contribution < 1.29 is 0 Å². The van der Waals surface area contributed by atoms with Crippen molar-refractivity contribution >= 4 is 22.6 Å². The number of aromatic nitrogens is 3. The maximum absolute atomic E-state index is 13.1. The Morgan fingerprint density at radius 2 is 1.71 bits per heavy atom. The van der Waals surface area contributed by atoms with Gasteiger partial charge in [-0.2, -0.15) is 0 Å². The molecule has 1 N–H and O–H groups in total. The van der Waals surface area contributed by atoms with Crippen molar-refractivity contribution in [3.63, 3.8) is 0 Å². The molecule has 0 spiro atoms. The molecular weight excluding hydrogens is 406 g/mol. The van der Waals surface area contributed by atoms with Gasteiger partial charge in [0.2, 0.25) is 0 Å². The average Bonchev–Trinajstić information content (AvgIpc) is 2.79. The van der Waals surface area contributed by atoms with Gasteiger partial charge in [0.15, 0.2) is 5.43 Å². The van der Waals surface area contributed by atoms with Gasteiger partial charge in [0.25, 0.3) is 0 Å². The lowest BCUT2D eigenvalue weighted by Crippen LogP contribution is -2.13. The fraction of sp³-hybridized carbons (Fsp3) is 0.269. The lowest BCUT2D eigenvalue weighted by molar-refractivity contribution is 0.437. The minimum Gasteiger partial charge on any atom is -0.343 e. The summed E-state index contributed by atoms with van der Waals surface area (Å²) in [6.07, 6.45) is 5.96. The molecular formula is C26H24ClN3O. The first-order chi connectivity index (χ1) is 15.1. The highest BCUT2D eigenvalue weighted by atomic mass is 35.5. The summed E-state index contributed by atoms with van der Waals surface area (Å²) in [5.74, 6) is 0.411. The number of aromatic amines is 1. The number of nitrogens with zero attached hydrogens (tertiary/aromatic N) is 2. The molecule has 0 bridgehead atoms. The van der Waals surface area contributed by atoms with Crippen molar-refractivity contribution in [1.82, 2.24) is 15.0 Å². The van der Waals surface area contributed by atoms with Crippen LogP contribution in [0.4, 0.5) is 0 Å². The second-order valence-electron chi connectivity index (χ2n) is 8.39. The van der Waals surface area contributed by atoms with Crippen molar-refractivity contribution in [2.24, 2.45) is 0 Å². The molecule has 3 heterocycles. The Balaban J connectivity index is 1.75. The predicted molar refractivity (Wildman–Crippen MR) is 127 cm³/mol. The van der Waals surface area contributed by atoms with Gasteiger partial charge in [-0.1, -0.05) is 61.2 Å². The van der Waals surface area contributed by atoms with Gasteiger partial charge in [-0.15, -0.1) is 0 Å². The highest BCUT2D eigenvalue weighted by Crippen LogP contribution is 2.35. The van der Waals surface area contributed by atoms with Crippen LogP contribution in [0, 0.1) is 6.92 Å². The summed E-state index contributed by atoms with van der Waals surface area (Å²) < 4.78 is 0. The Morgan fingerprint density at radius 3 is 2.45 bits per heavy atom. The molecule has 4 aromatic rings. The summed E-state index contributed by atoms with van der Waals surface area (Å²) in [7, 11) is 0. The third kappa shape index (κ3) is 4.00. The number of hydrogen-bond acceptors (Lipinski definition) is 3. The largest absolute Gasteiger partial charge is 0.343 e. The van der Waals surface area contributed by atoms with Gasteiger partial charge < -0.3 is 4.98 Å². The van der Waals surface area contributed by atoms with E-state index in [0.717, 1.165) is 46.6 Å². The van der Waals surface area contributed by atoms with Crippen LogP contribution in [0.5, 0.6) is 0 Å². The van der Waals surface area contributed by atoms with E-state index >= 15 is 0 Å². The van der Waals surface area contributed by atoms with Crippen LogP contribution in [0.1, 0.15) is 49.4 Å². The minimum atomic E-state index is 0.0135. The number of aryl methyl sites for hydroxylation is 1. The first kappa shape index (κ1) is 20.0. The van der Waals surface area contributed by atoms with Gasteiger partial charge in [-0.3, -0.25) is 4.79 Å². The molecule has 5 rings (SSSR count). The van der Waals surface area contributed by atoms with E-state index in [1.165, 1.54) is 19.3 Å².